The van der Waals surface area contributed by atoms with E-state index in [9.17, 15) is 0 Å². The molecule has 1 aromatic rings. The minimum Gasteiger partial charge on any atom is -0.454 e. The van der Waals surface area contributed by atoms with E-state index in [1.165, 1.54) is 5.56 Å². The van der Waals surface area contributed by atoms with E-state index in [1.807, 2.05) is 6.07 Å². The second-order valence-electron chi connectivity index (χ2n) is 4.03. The van der Waals surface area contributed by atoms with Crippen LogP contribution in [0.2, 0.25) is 0 Å². The average Bonchev–Trinajstić information content (AvgIpc) is 2.58. The average molecular weight is 270 g/mol. The van der Waals surface area contributed by atoms with Crippen molar-refractivity contribution in [2.24, 2.45) is 5.92 Å². The van der Waals surface area contributed by atoms with Gasteiger partial charge in [0.1, 0.15) is 0 Å². The lowest BCUT2D eigenvalue weighted by atomic mass is 9.94. The first-order valence-corrected chi connectivity index (χ1v) is 5.91. The number of fused-ring (bicyclic) bond motifs is 1. The van der Waals surface area contributed by atoms with Crippen LogP contribution in [0.25, 0.3) is 0 Å². The zero-order chi connectivity index (χ0) is 10.3. The number of nitrogens with one attached hydrogen (secondary N) is 1. The van der Waals surface area contributed by atoms with Crippen molar-refractivity contribution in [1.82, 2.24) is 5.32 Å². The molecule has 4 heteroatoms. The summed E-state index contributed by atoms with van der Waals surface area (Å²) < 4.78 is 11.8. The lowest BCUT2D eigenvalue weighted by Gasteiger charge is -2.27. The molecule has 0 spiro atoms. The molecule has 1 saturated heterocycles. The molecular weight excluding hydrogens is 258 g/mol. The van der Waals surface area contributed by atoms with E-state index in [-0.39, 0.29) is 0 Å². The molecule has 80 valence electrons. The third-order valence-corrected chi connectivity index (χ3v) is 3.65. The quantitative estimate of drug-likeness (QED) is 0.890. The summed E-state index contributed by atoms with van der Waals surface area (Å²) in [4.78, 5) is 0. The van der Waals surface area contributed by atoms with E-state index >= 15 is 0 Å². The van der Waals surface area contributed by atoms with Gasteiger partial charge in [-0.25, -0.2) is 0 Å². The Morgan fingerprint density at radius 3 is 2.67 bits per heavy atom. The standard InChI is InChI=1S/C11H12BrNO2/c12-9-3-11-10(14-6-15-11)2-8(9)1-7-4-13-5-7/h2-3,7,13H,1,4-6H2. The maximum absolute atomic E-state index is 5.37. The number of hydrogen-bond acceptors (Lipinski definition) is 3. The molecule has 0 bridgehead atoms. The van der Waals surface area contributed by atoms with Gasteiger partial charge < -0.3 is 14.8 Å². The first kappa shape index (κ1) is 9.48. The molecule has 0 radical (unpaired) electrons. The van der Waals surface area contributed by atoms with Crippen LogP contribution in [0.3, 0.4) is 0 Å². The number of hydrogen-bond donors (Lipinski definition) is 1. The second-order valence-corrected chi connectivity index (χ2v) is 4.88. The summed E-state index contributed by atoms with van der Waals surface area (Å²) in [6.07, 6.45) is 1.10. The molecule has 2 aliphatic rings. The minimum absolute atomic E-state index is 0.343. The highest BCUT2D eigenvalue weighted by molar-refractivity contribution is 9.10. The summed E-state index contributed by atoms with van der Waals surface area (Å²) in [6, 6.07) is 4.09. The second kappa shape index (κ2) is 3.68. The van der Waals surface area contributed by atoms with Crippen molar-refractivity contribution < 1.29 is 9.47 Å². The van der Waals surface area contributed by atoms with Crippen LogP contribution in [-0.4, -0.2) is 19.9 Å². The fourth-order valence-electron chi connectivity index (χ4n) is 1.92. The van der Waals surface area contributed by atoms with E-state index in [1.54, 1.807) is 0 Å². The highest BCUT2D eigenvalue weighted by Crippen LogP contribution is 2.37. The van der Waals surface area contributed by atoms with Crippen LogP contribution in [0.4, 0.5) is 0 Å². The van der Waals surface area contributed by atoms with Gasteiger partial charge in [0.25, 0.3) is 0 Å². The van der Waals surface area contributed by atoms with Gasteiger partial charge in [0, 0.05) is 4.47 Å². The van der Waals surface area contributed by atoms with Gasteiger partial charge in [0.05, 0.1) is 0 Å². The largest absolute Gasteiger partial charge is 0.454 e. The van der Waals surface area contributed by atoms with Crippen LogP contribution in [-0.2, 0) is 6.42 Å². The number of halogens is 1. The Hall–Kier alpha value is -0.740. The predicted octanol–water partition coefficient (Wildman–Crippen LogP) is 1.94. The molecule has 3 rings (SSSR count). The van der Waals surface area contributed by atoms with E-state index < -0.39 is 0 Å². The van der Waals surface area contributed by atoms with Crippen LogP contribution in [0, 0.1) is 5.92 Å². The summed E-state index contributed by atoms with van der Waals surface area (Å²) in [6.45, 7) is 2.60. The molecule has 0 aliphatic carbocycles. The van der Waals surface area contributed by atoms with Gasteiger partial charge in [-0.1, -0.05) is 15.9 Å². The molecule has 0 amide bonds. The Labute approximate surface area is 96.9 Å². The maximum atomic E-state index is 5.37. The Balaban J connectivity index is 1.86. The molecular formula is C11H12BrNO2. The Morgan fingerprint density at radius 2 is 2.00 bits per heavy atom. The van der Waals surface area contributed by atoms with Crippen LogP contribution in [0.5, 0.6) is 11.5 Å². The van der Waals surface area contributed by atoms with Gasteiger partial charge in [0.2, 0.25) is 6.79 Å². The molecule has 0 atom stereocenters. The van der Waals surface area contributed by atoms with E-state index in [2.05, 4.69) is 27.3 Å². The molecule has 1 fully saturated rings. The molecule has 1 aromatic carbocycles. The van der Waals surface area contributed by atoms with Crippen LogP contribution in [0.15, 0.2) is 16.6 Å². The molecule has 2 aliphatic heterocycles. The van der Waals surface area contributed by atoms with E-state index in [0.29, 0.717) is 6.79 Å². The summed E-state index contributed by atoms with van der Waals surface area (Å²) in [7, 11) is 0. The molecule has 1 N–H and O–H groups in total. The topological polar surface area (TPSA) is 30.5 Å². The van der Waals surface area contributed by atoms with Crippen LogP contribution in [0.1, 0.15) is 5.56 Å². The van der Waals surface area contributed by atoms with E-state index in [4.69, 9.17) is 9.47 Å². The third-order valence-electron chi connectivity index (χ3n) is 2.92. The van der Waals surface area contributed by atoms with Gasteiger partial charge in [-0.15, -0.1) is 0 Å². The smallest absolute Gasteiger partial charge is 0.231 e. The Kier molecular flexibility index (Phi) is 2.33. The van der Waals surface area contributed by atoms with Gasteiger partial charge in [-0.2, -0.15) is 0 Å². The molecule has 15 heavy (non-hydrogen) atoms. The first-order chi connectivity index (χ1) is 7.33. The molecule has 3 nitrogen and oxygen atoms in total. The van der Waals surface area contributed by atoms with Crippen molar-refractivity contribution in [2.45, 2.75) is 6.42 Å². The van der Waals surface area contributed by atoms with Gasteiger partial charge in [0.15, 0.2) is 11.5 Å². The highest BCUT2D eigenvalue weighted by atomic mass is 79.9. The monoisotopic (exact) mass is 269 g/mol. The normalized spacial score (nSPS) is 19.0. The van der Waals surface area contributed by atoms with Crippen LogP contribution >= 0.6 is 15.9 Å². The van der Waals surface area contributed by atoms with Crippen molar-refractivity contribution in [3.05, 3.63) is 22.2 Å². The van der Waals surface area contributed by atoms with Gasteiger partial charge in [-0.3, -0.25) is 0 Å². The van der Waals surface area contributed by atoms with Crippen molar-refractivity contribution in [2.75, 3.05) is 19.9 Å². The van der Waals surface area contributed by atoms with Crippen molar-refractivity contribution in [3.8, 4) is 11.5 Å². The van der Waals surface area contributed by atoms with Gasteiger partial charge >= 0.3 is 0 Å². The Morgan fingerprint density at radius 1 is 1.27 bits per heavy atom. The fourth-order valence-corrected chi connectivity index (χ4v) is 2.40. The molecule has 0 aromatic heterocycles. The predicted molar refractivity (Wildman–Crippen MR) is 60.3 cm³/mol. The number of benzene rings is 1. The van der Waals surface area contributed by atoms with Crippen molar-refractivity contribution in [1.29, 1.82) is 0 Å². The van der Waals surface area contributed by atoms with Crippen molar-refractivity contribution >= 4 is 15.9 Å². The number of ether oxygens (including phenoxy) is 2. The molecule has 0 saturated carbocycles. The van der Waals surface area contributed by atoms with Gasteiger partial charge in [-0.05, 0) is 43.1 Å². The third kappa shape index (κ3) is 1.72. The summed E-state index contributed by atoms with van der Waals surface area (Å²) in [5.74, 6) is 2.49. The maximum Gasteiger partial charge on any atom is 0.231 e. The summed E-state index contributed by atoms with van der Waals surface area (Å²) in [5.41, 5.74) is 1.31. The van der Waals surface area contributed by atoms with Crippen molar-refractivity contribution in [3.63, 3.8) is 0 Å². The fraction of sp³-hybridized carbons (Fsp3) is 0.455. The van der Waals surface area contributed by atoms with E-state index in [0.717, 1.165) is 41.4 Å². The summed E-state index contributed by atoms with van der Waals surface area (Å²) in [5, 5.41) is 3.28. The number of rotatable bonds is 2. The molecule has 2 heterocycles. The zero-order valence-electron chi connectivity index (χ0n) is 8.25. The lowest BCUT2D eigenvalue weighted by Crippen LogP contribution is -2.43. The lowest BCUT2D eigenvalue weighted by molar-refractivity contribution is 0.174. The summed E-state index contributed by atoms with van der Waals surface area (Å²) >= 11 is 3.58. The first-order valence-electron chi connectivity index (χ1n) is 5.11. The zero-order valence-corrected chi connectivity index (χ0v) is 9.84. The Bertz CT molecular complexity index is 390. The minimum atomic E-state index is 0.343. The molecule has 0 unspecified atom stereocenters. The highest BCUT2D eigenvalue weighted by Gasteiger charge is 2.21. The SMILES string of the molecule is Brc1cc2c(cc1CC1CNC1)OCO2. The van der Waals surface area contributed by atoms with Crippen LogP contribution < -0.4 is 14.8 Å².